The van der Waals surface area contributed by atoms with Gasteiger partial charge >= 0.3 is 0 Å². The minimum absolute atomic E-state index is 0.0134. The first-order valence-electron chi connectivity index (χ1n) is 11.5. The molecule has 2 aliphatic rings. The molecule has 0 aromatic heterocycles. The maximum atomic E-state index is 13.7. The highest BCUT2D eigenvalue weighted by Crippen LogP contribution is 2.38. The van der Waals surface area contributed by atoms with Gasteiger partial charge in [0.25, 0.3) is 11.8 Å². The first-order valence-corrected chi connectivity index (χ1v) is 13.0. The molecule has 0 bridgehead atoms. The normalized spacial score (nSPS) is 19.2. The molecule has 0 radical (unpaired) electrons. The van der Waals surface area contributed by atoms with Crippen molar-refractivity contribution in [2.24, 2.45) is 0 Å². The Labute approximate surface area is 199 Å². The number of sulfone groups is 1. The maximum Gasteiger partial charge on any atom is 0.259 e. The molecule has 2 aliphatic heterocycles. The summed E-state index contributed by atoms with van der Waals surface area (Å²) >= 11 is 0. The molecule has 3 aromatic rings. The van der Waals surface area contributed by atoms with Crippen LogP contribution in [0.3, 0.4) is 0 Å². The zero-order valence-electron chi connectivity index (χ0n) is 19.0. The Morgan fingerprint density at radius 1 is 0.941 bits per heavy atom. The second kappa shape index (κ2) is 8.72. The fourth-order valence-corrected chi connectivity index (χ4v) is 6.46. The number of likely N-dealkylation sites (tertiary alicyclic amines) is 1. The average Bonchev–Trinajstić information content (AvgIpc) is 2.93. The zero-order valence-corrected chi connectivity index (χ0v) is 19.8. The van der Waals surface area contributed by atoms with Gasteiger partial charge in [0, 0.05) is 18.2 Å². The number of hydrogen-bond acceptors (Lipinski definition) is 4. The van der Waals surface area contributed by atoms with Crippen LogP contribution in [0.4, 0.5) is 5.69 Å². The molecule has 0 unspecified atom stereocenters. The third-order valence-electron chi connectivity index (χ3n) is 6.69. The molecule has 1 fully saturated rings. The van der Waals surface area contributed by atoms with Gasteiger partial charge in [0.15, 0.2) is 0 Å². The van der Waals surface area contributed by atoms with E-state index >= 15 is 0 Å². The van der Waals surface area contributed by atoms with Crippen molar-refractivity contribution in [2.45, 2.75) is 48.6 Å². The Morgan fingerprint density at radius 2 is 1.68 bits per heavy atom. The van der Waals surface area contributed by atoms with E-state index in [0.29, 0.717) is 12.1 Å². The molecule has 6 nitrogen and oxygen atoms in total. The van der Waals surface area contributed by atoms with Gasteiger partial charge in [0.1, 0.15) is 0 Å². The Hall–Kier alpha value is -3.45. The number of carbonyl (C=O) groups is 2. The summed E-state index contributed by atoms with van der Waals surface area (Å²) in [5.74, 6) is -0.543. The van der Waals surface area contributed by atoms with Crippen molar-refractivity contribution in [3.8, 4) is 0 Å². The second-order valence-corrected chi connectivity index (χ2v) is 10.8. The first-order chi connectivity index (χ1) is 16.4. The van der Waals surface area contributed by atoms with Crippen molar-refractivity contribution in [1.82, 2.24) is 4.90 Å². The van der Waals surface area contributed by atoms with Gasteiger partial charge in [-0.25, -0.2) is 8.42 Å². The summed E-state index contributed by atoms with van der Waals surface area (Å²) in [4.78, 5) is 30.4. The molecule has 2 heterocycles. The molecule has 174 valence electrons. The van der Waals surface area contributed by atoms with Crippen LogP contribution >= 0.6 is 0 Å². The predicted molar refractivity (Wildman–Crippen MR) is 130 cm³/mol. The fraction of sp³-hybridized carbons (Fsp3) is 0.259. The standard InChI is InChI=1S/C27H26N2O4S/c1-19-9-7-8-16-28(19)26(30)21-14-15-25-23(17-21)29(18-20-10-3-2-4-11-20)27(31)22-12-5-6-13-24(22)34(25,32)33/h2-6,10-15,17,19H,7-9,16,18H2,1H3/t19-/m0/s1. The second-order valence-electron chi connectivity index (χ2n) is 8.90. The van der Waals surface area contributed by atoms with Crippen LogP contribution in [0.15, 0.2) is 82.6 Å². The van der Waals surface area contributed by atoms with Crippen LogP contribution in [0.2, 0.25) is 0 Å². The summed E-state index contributed by atoms with van der Waals surface area (Å²) in [6.45, 7) is 2.90. The monoisotopic (exact) mass is 474 g/mol. The summed E-state index contributed by atoms with van der Waals surface area (Å²) in [7, 11) is -3.96. The SMILES string of the molecule is C[C@H]1CCCCN1C(=O)c1ccc2c(c1)N(Cc1ccccc1)C(=O)c1ccccc1S2(=O)=O. The van der Waals surface area contributed by atoms with Crippen molar-refractivity contribution in [3.63, 3.8) is 0 Å². The molecule has 3 aromatic carbocycles. The van der Waals surface area contributed by atoms with Gasteiger partial charge in [0.2, 0.25) is 9.84 Å². The first kappa shape index (κ1) is 22.3. The number of hydrogen-bond donors (Lipinski definition) is 0. The molecule has 0 N–H and O–H groups in total. The van der Waals surface area contributed by atoms with Crippen LogP contribution in [0, 0.1) is 0 Å². The van der Waals surface area contributed by atoms with E-state index in [2.05, 4.69) is 0 Å². The number of benzene rings is 3. The van der Waals surface area contributed by atoms with E-state index in [1.165, 1.54) is 17.0 Å². The molecule has 0 saturated carbocycles. The smallest absolute Gasteiger partial charge is 0.259 e. The number of nitrogens with zero attached hydrogens (tertiary/aromatic N) is 2. The minimum Gasteiger partial charge on any atom is -0.336 e. The van der Waals surface area contributed by atoms with Crippen molar-refractivity contribution in [1.29, 1.82) is 0 Å². The Bertz CT molecular complexity index is 1370. The summed E-state index contributed by atoms with van der Waals surface area (Å²) < 4.78 is 27.2. The molecule has 0 spiro atoms. The predicted octanol–water partition coefficient (Wildman–Crippen LogP) is 4.69. The summed E-state index contributed by atoms with van der Waals surface area (Å²) in [5.41, 5.74) is 1.62. The van der Waals surface area contributed by atoms with E-state index in [1.807, 2.05) is 42.2 Å². The summed E-state index contributed by atoms with van der Waals surface area (Å²) in [5, 5.41) is 0. The number of piperidine rings is 1. The lowest BCUT2D eigenvalue weighted by Gasteiger charge is -2.33. The van der Waals surface area contributed by atoms with Crippen LogP contribution in [-0.4, -0.2) is 37.7 Å². The van der Waals surface area contributed by atoms with Crippen LogP contribution in [0.5, 0.6) is 0 Å². The van der Waals surface area contributed by atoms with Crippen molar-refractivity contribution >= 4 is 27.3 Å². The molecule has 34 heavy (non-hydrogen) atoms. The fourth-order valence-electron chi connectivity index (χ4n) is 4.83. The Morgan fingerprint density at radius 3 is 2.44 bits per heavy atom. The number of carbonyl (C=O) groups excluding carboxylic acids is 2. The maximum absolute atomic E-state index is 13.7. The van der Waals surface area contributed by atoms with Crippen LogP contribution in [0.1, 0.15) is 52.5 Å². The van der Waals surface area contributed by atoms with Gasteiger partial charge in [0.05, 0.1) is 27.6 Å². The molecular weight excluding hydrogens is 448 g/mol. The highest BCUT2D eigenvalue weighted by atomic mass is 32.2. The van der Waals surface area contributed by atoms with E-state index in [4.69, 9.17) is 0 Å². The lowest BCUT2D eigenvalue weighted by atomic mass is 10.0. The van der Waals surface area contributed by atoms with Crippen LogP contribution in [-0.2, 0) is 16.4 Å². The molecule has 5 rings (SSSR count). The largest absolute Gasteiger partial charge is 0.336 e. The van der Waals surface area contributed by atoms with Gasteiger partial charge in [-0.3, -0.25) is 9.59 Å². The Balaban J connectivity index is 1.67. The number of amides is 2. The van der Waals surface area contributed by atoms with Gasteiger partial charge in [-0.15, -0.1) is 0 Å². The lowest BCUT2D eigenvalue weighted by molar-refractivity contribution is 0.0635. The number of fused-ring (bicyclic) bond motifs is 2. The highest BCUT2D eigenvalue weighted by molar-refractivity contribution is 7.91. The molecule has 7 heteroatoms. The third kappa shape index (κ3) is 3.80. The van der Waals surface area contributed by atoms with E-state index in [9.17, 15) is 18.0 Å². The summed E-state index contributed by atoms with van der Waals surface area (Å²) in [6, 6.07) is 20.4. The molecule has 2 amide bonds. The third-order valence-corrected chi connectivity index (χ3v) is 8.54. The number of anilines is 1. The van der Waals surface area contributed by atoms with E-state index in [0.717, 1.165) is 24.8 Å². The van der Waals surface area contributed by atoms with Gasteiger partial charge < -0.3 is 9.80 Å². The van der Waals surface area contributed by atoms with Crippen molar-refractivity contribution in [2.75, 3.05) is 11.4 Å². The van der Waals surface area contributed by atoms with Crippen LogP contribution < -0.4 is 4.90 Å². The average molecular weight is 475 g/mol. The van der Waals surface area contributed by atoms with E-state index in [-0.39, 0.29) is 39.5 Å². The van der Waals surface area contributed by atoms with Gasteiger partial charge in [-0.05, 0) is 62.1 Å². The van der Waals surface area contributed by atoms with Crippen LogP contribution in [0.25, 0.3) is 0 Å². The van der Waals surface area contributed by atoms with E-state index < -0.39 is 15.7 Å². The minimum atomic E-state index is -3.96. The molecule has 0 aliphatic carbocycles. The summed E-state index contributed by atoms with van der Waals surface area (Å²) in [6.07, 6.45) is 2.98. The molecule has 1 saturated heterocycles. The zero-order chi connectivity index (χ0) is 23.9. The van der Waals surface area contributed by atoms with E-state index in [1.54, 1.807) is 30.3 Å². The lowest BCUT2D eigenvalue weighted by Crippen LogP contribution is -2.42. The van der Waals surface area contributed by atoms with Crippen molar-refractivity contribution < 1.29 is 18.0 Å². The van der Waals surface area contributed by atoms with Gasteiger partial charge in [-0.1, -0.05) is 42.5 Å². The Kier molecular flexibility index (Phi) is 5.73. The molecular formula is C27H26N2O4S. The van der Waals surface area contributed by atoms with Gasteiger partial charge in [-0.2, -0.15) is 0 Å². The highest BCUT2D eigenvalue weighted by Gasteiger charge is 2.36. The number of rotatable bonds is 3. The van der Waals surface area contributed by atoms with Crippen molar-refractivity contribution in [3.05, 3.63) is 89.5 Å². The molecule has 1 atom stereocenters. The quantitative estimate of drug-likeness (QED) is 0.552. The topological polar surface area (TPSA) is 74.8 Å².